The summed E-state index contributed by atoms with van der Waals surface area (Å²) in [6.07, 6.45) is 0. The molecule has 0 fully saturated rings. The van der Waals surface area contributed by atoms with Crippen LogP contribution in [0.1, 0.15) is 0 Å². The van der Waals surface area contributed by atoms with Gasteiger partial charge in [-0.05, 0) is 24.3 Å². The molecule has 0 heterocycles. The first-order chi connectivity index (χ1) is 10.1. The zero-order valence-corrected chi connectivity index (χ0v) is 11.4. The van der Waals surface area contributed by atoms with Crippen molar-refractivity contribution in [2.75, 3.05) is 26.1 Å². The lowest BCUT2D eigenvalue weighted by atomic mass is 10.3. The third-order valence-electron chi connectivity index (χ3n) is 2.72. The highest BCUT2D eigenvalue weighted by Crippen LogP contribution is 2.23. The van der Waals surface area contributed by atoms with E-state index < -0.39 is 11.6 Å². The number of nitrogen functional groups attached to an aromatic ring is 1. The van der Waals surface area contributed by atoms with E-state index in [0.717, 1.165) is 17.9 Å². The Bertz CT molecular complexity index is 603. The van der Waals surface area contributed by atoms with Gasteiger partial charge < -0.3 is 19.9 Å². The summed E-state index contributed by atoms with van der Waals surface area (Å²) in [6.45, 7) is 0.268. The van der Waals surface area contributed by atoms with Crippen molar-refractivity contribution in [2.24, 2.45) is 0 Å². The van der Waals surface area contributed by atoms with Crippen molar-refractivity contribution in [3.63, 3.8) is 0 Å². The average Bonchev–Trinajstić information content (AvgIpc) is 2.49. The Hall–Kier alpha value is -2.50. The van der Waals surface area contributed by atoms with Gasteiger partial charge in [0.1, 0.15) is 30.5 Å². The van der Waals surface area contributed by atoms with E-state index in [2.05, 4.69) is 0 Å². The topological polar surface area (TPSA) is 53.7 Å². The van der Waals surface area contributed by atoms with Crippen LogP contribution >= 0.6 is 0 Å². The van der Waals surface area contributed by atoms with Crippen LogP contribution in [0.15, 0.2) is 36.4 Å². The van der Waals surface area contributed by atoms with Crippen molar-refractivity contribution in [3.05, 3.63) is 48.0 Å². The molecule has 0 aliphatic carbocycles. The van der Waals surface area contributed by atoms with Crippen LogP contribution in [0, 0.1) is 11.6 Å². The number of methoxy groups -OCH3 is 1. The molecule has 2 aromatic rings. The standard InChI is InChI=1S/C15H15F2NO3/c1-19-10-2-4-11(5-3-10)20-6-7-21-15-9-12(16)14(18)8-13(15)17/h2-5,8-9H,6-7,18H2,1H3. The summed E-state index contributed by atoms with van der Waals surface area (Å²) < 4.78 is 42.2. The van der Waals surface area contributed by atoms with Gasteiger partial charge in [-0.25, -0.2) is 8.78 Å². The lowest BCUT2D eigenvalue weighted by molar-refractivity contribution is 0.211. The van der Waals surface area contributed by atoms with E-state index >= 15 is 0 Å². The first-order valence-electron chi connectivity index (χ1n) is 6.24. The first-order valence-corrected chi connectivity index (χ1v) is 6.24. The molecule has 0 spiro atoms. The number of benzene rings is 2. The minimum atomic E-state index is -0.720. The van der Waals surface area contributed by atoms with Crippen molar-refractivity contribution < 1.29 is 23.0 Å². The second-order valence-corrected chi connectivity index (χ2v) is 4.18. The number of rotatable bonds is 6. The number of ether oxygens (including phenoxy) is 3. The molecule has 0 atom stereocenters. The summed E-state index contributed by atoms with van der Waals surface area (Å²) in [6, 6.07) is 8.79. The maximum Gasteiger partial charge on any atom is 0.167 e. The maximum atomic E-state index is 13.4. The molecule has 4 nitrogen and oxygen atoms in total. The lowest BCUT2D eigenvalue weighted by Crippen LogP contribution is -2.10. The molecule has 2 rings (SSSR count). The molecule has 0 saturated heterocycles. The van der Waals surface area contributed by atoms with Gasteiger partial charge in [0.15, 0.2) is 11.6 Å². The van der Waals surface area contributed by atoms with Gasteiger partial charge in [-0.15, -0.1) is 0 Å². The molecule has 0 unspecified atom stereocenters. The van der Waals surface area contributed by atoms with Crippen molar-refractivity contribution in [1.82, 2.24) is 0 Å². The lowest BCUT2D eigenvalue weighted by Gasteiger charge is -2.10. The summed E-state index contributed by atoms with van der Waals surface area (Å²) >= 11 is 0. The van der Waals surface area contributed by atoms with Crippen molar-refractivity contribution in [2.45, 2.75) is 0 Å². The van der Waals surface area contributed by atoms with E-state index in [1.165, 1.54) is 0 Å². The molecular weight excluding hydrogens is 280 g/mol. The zero-order valence-electron chi connectivity index (χ0n) is 11.4. The zero-order chi connectivity index (χ0) is 15.2. The van der Waals surface area contributed by atoms with Crippen LogP contribution < -0.4 is 19.9 Å². The van der Waals surface area contributed by atoms with Gasteiger partial charge in [-0.3, -0.25) is 0 Å². The second-order valence-electron chi connectivity index (χ2n) is 4.18. The number of halogens is 2. The Morgan fingerprint density at radius 2 is 1.52 bits per heavy atom. The van der Waals surface area contributed by atoms with Crippen molar-refractivity contribution >= 4 is 5.69 Å². The molecule has 21 heavy (non-hydrogen) atoms. The first kappa shape index (κ1) is 14.9. The quantitative estimate of drug-likeness (QED) is 0.657. The van der Waals surface area contributed by atoms with Gasteiger partial charge in [0, 0.05) is 12.1 Å². The molecule has 2 N–H and O–H groups in total. The van der Waals surface area contributed by atoms with E-state index in [4.69, 9.17) is 19.9 Å². The van der Waals surface area contributed by atoms with Crippen LogP contribution in [0.5, 0.6) is 17.2 Å². The van der Waals surface area contributed by atoms with E-state index in [1.807, 2.05) is 0 Å². The van der Waals surface area contributed by atoms with Crippen LogP contribution in [0.3, 0.4) is 0 Å². The third kappa shape index (κ3) is 3.98. The van der Waals surface area contributed by atoms with Crippen LogP contribution in [-0.4, -0.2) is 20.3 Å². The van der Waals surface area contributed by atoms with Gasteiger partial charge in [0.05, 0.1) is 12.8 Å². The van der Waals surface area contributed by atoms with Crippen molar-refractivity contribution in [1.29, 1.82) is 0 Å². The third-order valence-corrected chi connectivity index (χ3v) is 2.72. The summed E-state index contributed by atoms with van der Waals surface area (Å²) in [5, 5.41) is 0. The Balaban J connectivity index is 1.83. The van der Waals surface area contributed by atoms with E-state index in [9.17, 15) is 8.78 Å². The van der Waals surface area contributed by atoms with Gasteiger partial charge in [-0.1, -0.05) is 0 Å². The predicted octanol–water partition coefficient (Wildman–Crippen LogP) is 3.01. The second kappa shape index (κ2) is 6.78. The highest BCUT2D eigenvalue weighted by molar-refractivity contribution is 5.44. The Morgan fingerprint density at radius 3 is 2.19 bits per heavy atom. The number of hydrogen-bond acceptors (Lipinski definition) is 4. The fourth-order valence-electron chi connectivity index (χ4n) is 1.64. The fraction of sp³-hybridized carbons (Fsp3) is 0.200. The van der Waals surface area contributed by atoms with Crippen LogP contribution in [-0.2, 0) is 0 Å². The minimum Gasteiger partial charge on any atom is -0.497 e. The monoisotopic (exact) mass is 295 g/mol. The molecule has 0 bridgehead atoms. The molecule has 2 aromatic carbocycles. The Kier molecular flexibility index (Phi) is 4.81. The highest BCUT2D eigenvalue weighted by Gasteiger charge is 2.08. The minimum absolute atomic E-state index is 0.0757. The molecular formula is C15H15F2NO3. The SMILES string of the molecule is COc1ccc(OCCOc2cc(F)c(N)cc2F)cc1. The molecule has 6 heteroatoms. The Morgan fingerprint density at radius 1 is 0.905 bits per heavy atom. The Labute approximate surface area is 121 Å². The van der Waals surface area contributed by atoms with E-state index in [-0.39, 0.29) is 24.7 Å². The number of nitrogens with two attached hydrogens (primary N) is 1. The van der Waals surface area contributed by atoms with Gasteiger partial charge in [-0.2, -0.15) is 0 Å². The van der Waals surface area contributed by atoms with Crippen LogP contribution in [0.4, 0.5) is 14.5 Å². The fourth-order valence-corrected chi connectivity index (χ4v) is 1.64. The van der Waals surface area contributed by atoms with Crippen molar-refractivity contribution in [3.8, 4) is 17.2 Å². The van der Waals surface area contributed by atoms with E-state index in [0.29, 0.717) is 5.75 Å². The summed E-state index contributed by atoms with van der Waals surface area (Å²) in [7, 11) is 1.57. The normalized spacial score (nSPS) is 10.2. The largest absolute Gasteiger partial charge is 0.497 e. The molecule has 0 aromatic heterocycles. The maximum absolute atomic E-state index is 13.4. The molecule has 0 saturated carbocycles. The molecule has 0 aliphatic heterocycles. The number of anilines is 1. The van der Waals surface area contributed by atoms with Gasteiger partial charge in [0.2, 0.25) is 0 Å². The summed E-state index contributed by atoms with van der Waals surface area (Å²) in [5.74, 6) is -0.276. The van der Waals surface area contributed by atoms with Crippen LogP contribution in [0.2, 0.25) is 0 Å². The van der Waals surface area contributed by atoms with Crippen LogP contribution in [0.25, 0.3) is 0 Å². The molecule has 0 radical (unpaired) electrons. The average molecular weight is 295 g/mol. The summed E-state index contributed by atoms with van der Waals surface area (Å²) in [5.41, 5.74) is 4.98. The summed E-state index contributed by atoms with van der Waals surface area (Å²) in [4.78, 5) is 0. The van der Waals surface area contributed by atoms with Gasteiger partial charge in [0.25, 0.3) is 0 Å². The molecule has 0 aliphatic rings. The highest BCUT2D eigenvalue weighted by atomic mass is 19.1. The molecule has 0 amide bonds. The van der Waals surface area contributed by atoms with E-state index in [1.54, 1.807) is 31.4 Å². The molecule has 112 valence electrons. The smallest absolute Gasteiger partial charge is 0.167 e. The predicted molar refractivity (Wildman–Crippen MR) is 74.8 cm³/mol. The number of hydrogen-bond donors (Lipinski definition) is 1. The van der Waals surface area contributed by atoms with Gasteiger partial charge >= 0.3 is 0 Å².